The quantitative estimate of drug-likeness (QED) is 0.450. The van der Waals surface area contributed by atoms with Crippen LogP contribution in [0.3, 0.4) is 0 Å². The highest BCUT2D eigenvalue weighted by Gasteiger charge is 2.06. The summed E-state index contributed by atoms with van der Waals surface area (Å²) in [6, 6.07) is 5.62. The molecule has 0 radical (unpaired) electrons. The van der Waals surface area contributed by atoms with Crippen LogP contribution in [0.25, 0.3) is 0 Å². The Balaban J connectivity index is 2.24. The topological polar surface area (TPSA) is 42.5 Å². The van der Waals surface area contributed by atoms with Crippen molar-refractivity contribution in [3.05, 3.63) is 18.2 Å². The van der Waals surface area contributed by atoms with E-state index in [9.17, 15) is 0 Å². The Morgan fingerprint density at radius 3 is 2.35 bits per heavy atom. The Labute approximate surface area is 145 Å². The molecule has 0 aliphatic rings. The second-order valence-electron chi connectivity index (χ2n) is 5.57. The van der Waals surface area contributed by atoms with Gasteiger partial charge in [-0.25, -0.2) is 0 Å². The summed E-state index contributed by atoms with van der Waals surface area (Å²) >= 11 is 5.33. The van der Waals surface area contributed by atoms with Crippen LogP contribution in [0.15, 0.2) is 18.2 Å². The summed E-state index contributed by atoms with van der Waals surface area (Å²) in [7, 11) is 3.27. The molecule has 0 heterocycles. The minimum absolute atomic E-state index is 0.624. The highest BCUT2D eigenvalue weighted by atomic mass is 32.1. The first kappa shape index (κ1) is 19.6. The van der Waals surface area contributed by atoms with E-state index >= 15 is 0 Å². The molecule has 0 fully saturated rings. The van der Waals surface area contributed by atoms with Crippen molar-refractivity contribution in [3.8, 4) is 11.5 Å². The van der Waals surface area contributed by atoms with E-state index in [4.69, 9.17) is 21.7 Å². The third kappa shape index (κ3) is 8.07. The van der Waals surface area contributed by atoms with E-state index < -0.39 is 0 Å². The zero-order chi connectivity index (χ0) is 16.9. The molecule has 0 unspecified atom stereocenters. The van der Waals surface area contributed by atoms with Gasteiger partial charge in [-0.3, -0.25) is 0 Å². The first-order valence-electron chi connectivity index (χ1n) is 8.48. The zero-order valence-electron chi connectivity index (χ0n) is 14.6. The van der Waals surface area contributed by atoms with Crippen molar-refractivity contribution in [1.82, 2.24) is 5.32 Å². The molecule has 0 aliphatic heterocycles. The summed E-state index contributed by atoms with van der Waals surface area (Å²) in [4.78, 5) is 0. The molecule has 0 saturated carbocycles. The molecule has 5 heteroatoms. The van der Waals surface area contributed by atoms with Crippen LogP contribution in [0, 0.1) is 0 Å². The molecule has 4 nitrogen and oxygen atoms in total. The van der Waals surface area contributed by atoms with Gasteiger partial charge in [0.15, 0.2) is 5.11 Å². The van der Waals surface area contributed by atoms with E-state index in [-0.39, 0.29) is 0 Å². The molecule has 1 aromatic rings. The van der Waals surface area contributed by atoms with Gasteiger partial charge in [0, 0.05) is 12.6 Å². The van der Waals surface area contributed by atoms with Crippen LogP contribution in [0.4, 0.5) is 5.69 Å². The van der Waals surface area contributed by atoms with Crippen LogP contribution >= 0.6 is 12.2 Å². The lowest BCUT2D eigenvalue weighted by Crippen LogP contribution is -2.29. The van der Waals surface area contributed by atoms with Crippen molar-refractivity contribution in [3.63, 3.8) is 0 Å². The number of ether oxygens (including phenoxy) is 2. The molecule has 0 aromatic heterocycles. The van der Waals surface area contributed by atoms with Crippen LogP contribution in [0.5, 0.6) is 11.5 Å². The van der Waals surface area contributed by atoms with Gasteiger partial charge in [0.05, 0.1) is 19.9 Å². The number of thiocarbonyl (C=S) groups is 1. The van der Waals surface area contributed by atoms with Gasteiger partial charge in [0.2, 0.25) is 0 Å². The smallest absolute Gasteiger partial charge is 0.170 e. The second kappa shape index (κ2) is 12.0. The first-order chi connectivity index (χ1) is 11.2. The number of hydrogen-bond acceptors (Lipinski definition) is 3. The molecule has 130 valence electrons. The predicted octanol–water partition coefficient (Wildman–Crippen LogP) is 4.74. The van der Waals surface area contributed by atoms with Crippen molar-refractivity contribution in [2.45, 2.75) is 51.9 Å². The average Bonchev–Trinajstić information content (AvgIpc) is 2.57. The fraction of sp³-hybridized carbons (Fsp3) is 0.611. The van der Waals surface area contributed by atoms with Crippen molar-refractivity contribution < 1.29 is 9.47 Å². The van der Waals surface area contributed by atoms with E-state index in [1.165, 1.54) is 38.5 Å². The van der Waals surface area contributed by atoms with Gasteiger partial charge in [-0.15, -0.1) is 0 Å². The van der Waals surface area contributed by atoms with Crippen LogP contribution in [-0.4, -0.2) is 25.9 Å². The molecule has 0 spiro atoms. The SMILES string of the molecule is CCCCCCCCCNC(=S)Nc1ccc(OC)cc1OC. The Kier molecular flexibility index (Phi) is 10.2. The minimum Gasteiger partial charge on any atom is -0.497 e. The zero-order valence-corrected chi connectivity index (χ0v) is 15.4. The summed E-state index contributed by atoms with van der Waals surface area (Å²) in [6.07, 6.45) is 9.08. The summed E-state index contributed by atoms with van der Waals surface area (Å²) in [6.45, 7) is 3.15. The number of methoxy groups -OCH3 is 2. The van der Waals surface area contributed by atoms with Crippen molar-refractivity contribution in [2.75, 3.05) is 26.1 Å². The summed E-state index contributed by atoms with van der Waals surface area (Å²) in [5, 5.41) is 7.04. The second-order valence-corrected chi connectivity index (χ2v) is 5.98. The Hall–Kier alpha value is -1.49. The number of rotatable bonds is 11. The Morgan fingerprint density at radius 2 is 1.70 bits per heavy atom. The molecule has 0 aliphatic carbocycles. The fourth-order valence-corrected chi connectivity index (χ4v) is 2.56. The van der Waals surface area contributed by atoms with E-state index in [1.54, 1.807) is 14.2 Å². The molecule has 2 N–H and O–H groups in total. The molecule has 0 saturated heterocycles. The predicted molar refractivity (Wildman–Crippen MR) is 102 cm³/mol. The lowest BCUT2D eigenvalue weighted by molar-refractivity contribution is 0.395. The van der Waals surface area contributed by atoms with Crippen LogP contribution in [0.1, 0.15) is 51.9 Å². The number of hydrogen-bond donors (Lipinski definition) is 2. The van der Waals surface area contributed by atoms with Crippen molar-refractivity contribution in [2.24, 2.45) is 0 Å². The van der Waals surface area contributed by atoms with Crippen LogP contribution < -0.4 is 20.1 Å². The van der Waals surface area contributed by atoms with E-state index in [2.05, 4.69) is 17.6 Å². The van der Waals surface area contributed by atoms with Gasteiger partial charge in [-0.05, 0) is 30.8 Å². The third-order valence-electron chi connectivity index (χ3n) is 3.72. The molecule has 1 aromatic carbocycles. The van der Waals surface area contributed by atoms with E-state index in [0.717, 1.165) is 24.4 Å². The van der Waals surface area contributed by atoms with Crippen LogP contribution in [-0.2, 0) is 0 Å². The Bertz CT molecular complexity index is 466. The highest BCUT2D eigenvalue weighted by Crippen LogP contribution is 2.28. The maximum Gasteiger partial charge on any atom is 0.170 e. The molecular formula is C18H30N2O2S. The molecule has 1 rings (SSSR count). The minimum atomic E-state index is 0.624. The number of nitrogens with one attached hydrogen (secondary N) is 2. The van der Waals surface area contributed by atoms with Crippen LogP contribution in [0.2, 0.25) is 0 Å². The lowest BCUT2D eigenvalue weighted by Gasteiger charge is -2.14. The summed E-state index contributed by atoms with van der Waals surface area (Å²) in [5.74, 6) is 1.47. The molecule has 0 atom stereocenters. The first-order valence-corrected chi connectivity index (χ1v) is 8.89. The maximum absolute atomic E-state index is 5.35. The number of benzene rings is 1. The van der Waals surface area contributed by atoms with Crippen molar-refractivity contribution >= 4 is 23.0 Å². The highest BCUT2D eigenvalue weighted by molar-refractivity contribution is 7.80. The average molecular weight is 339 g/mol. The third-order valence-corrected chi connectivity index (χ3v) is 3.97. The van der Waals surface area contributed by atoms with Gasteiger partial charge >= 0.3 is 0 Å². The lowest BCUT2D eigenvalue weighted by atomic mass is 10.1. The van der Waals surface area contributed by atoms with Gasteiger partial charge in [0.25, 0.3) is 0 Å². The molecule has 0 amide bonds. The molecule has 23 heavy (non-hydrogen) atoms. The van der Waals surface area contributed by atoms with Crippen molar-refractivity contribution in [1.29, 1.82) is 0 Å². The molecule has 0 bridgehead atoms. The Morgan fingerprint density at radius 1 is 1.00 bits per heavy atom. The van der Waals surface area contributed by atoms with E-state index in [0.29, 0.717) is 10.9 Å². The normalized spacial score (nSPS) is 10.2. The van der Waals surface area contributed by atoms with Gasteiger partial charge in [-0.1, -0.05) is 45.4 Å². The fourth-order valence-electron chi connectivity index (χ4n) is 2.35. The molecular weight excluding hydrogens is 308 g/mol. The number of unbranched alkanes of at least 4 members (excludes halogenated alkanes) is 6. The maximum atomic E-state index is 5.35. The van der Waals surface area contributed by atoms with Gasteiger partial charge < -0.3 is 20.1 Å². The largest absolute Gasteiger partial charge is 0.497 e. The number of anilines is 1. The monoisotopic (exact) mass is 338 g/mol. The van der Waals surface area contributed by atoms with E-state index in [1.807, 2.05) is 18.2 Å². The van der Waals surface area contributed by atoms with Gasteiger partial charge in [-0.2, -0.15) is 0 Å². The standard InChI is InChI=1S/C18H30N2O2S/c1-4-5-6-7-8-9-10-13-19-18(23)20-16-12-11-15(21-2)14-17(16)22-3/h11-12,14H,4-10,13H2,1-3H3,(H2,19,20,23). The van der Waals surface area contributed by atoms with Gasteiger partial charge in [0.1, 0.15) is 11.5 Å². The summed E-state index contributed by atoms with van der Waals surface area (Å²) in [5.41, 5.74) is 0.838. The summed E-state index contributed by atoms with van der Waals surface area (Å²) < 4.78 is 10.5.